The van der Waals surface area contributed by atoms with Crippen LogP contribution in [0.3, 0.4) is 0 Å². The molecule has 0 aromatic heterocycles. The Balaban J connectivity index is 1.02. The second-order valence-corrected chi connectivity index (χ2v) is 12.1. The number of carbonyl (C=O) groups excluding carboxylic acids is 4. The molecule has 0 spiro atoms. The predicted octanol–water partition coefficient (Wildman–Crippen LogP) is 5.60. The summed E-state index contributed by atoms with van der Waals surface area (Å²) in [5.41, 5.74) is 6.86. The topological polar surface area (TPSA) is 84.0 Å². The van der Waals surface area contributed by atoms with Gasteiger partial charge >= 0.3 is 5.97 Å². The second-order valence-electron chi connectivity index (χ2n) is 12.1. The van der Waals surface area contributed by atoms with Crippen molar-refractivity contribution in [1.29, 1.82) is 0 Å². The molecule has 2 heterocycles. The third-order valence-corrected chi connectivity index (χ3v) is 9.88. The summed E-state index contributed by atoms with van der Waals surface area (Å²) in [7, 11) is 0. The molecule has 2 aliphatic heterocycles. The Morgan fingerprint density at radius 1 is 0.727 bits per heavy atom. The molecule has 7 heteroatoms. The summed E-state index contributed by atoms with van der Waals surface area (Å²) >= 11 is 0. The number of nitrogens with zero attached hydrogens (tertiary/aromatic N) is 2. The molecule has 0 unspecified atom stereocenters. The Bertz CT molecular complexity index is 1750. The van der Waals surface area contributed by atoms with E-state index in [1.807, 2.05) is 55.5 Å². The molecule has 2 saturated heterocycles. The van der Waals surface area contributed by atoms with Gasteiger partial charge in [-0.15, -0.1) is 0 Å². The first-order chi connectivity index (χ1) is 21.5. The largest absolute Gasteiger partial charge is 0.426 e. The predicted molar refractivity (Wildman–Crippen MR) is 164 cm³/mol. The van der Waals surface area contributed by atoms with Gasteiger partial charge < -0.3 is 9.64 Å². The highest BCUT2D eigenvalue weighted by Crippen LogP contribution is 2.61. The molecular weight excluding hydrogens is 552 g/mol. The lowest BCUT2D eigenvalue weighted by Gasteiger charge is -2.45. The number of anilines is 2. The van der Waals surface area contributed by atoms with Gasteiger partial charge in [0.05, 0.1) is 23.4 Å². The first kappa shape index (κ1) is 26.6. The van der Waals surface area contributed by atoms with E-state index in [1.54, 1.807) is 29.2 Å². The number of carbonyl (C=O) groups is 4. The molecule has 2 fully saturated rings. The van der Waals surface area contributed by atoms with Gasteiger partial charge in [0.2, 0.25) is 17.7 Å². The molecule has 44 heavy (non-hydrogen) atoms. The minimum absolute atomic E-state index is 0.0850. The fraction of sp³-hybridized carbons (Fsp3) is 0.243. The summed E-state index contributed by atoms with van der Waals surface area (Å²) in [6.07, 6.45) is 0.869. The minimum atomic E-state index is -0.587. The van der Waals surface area contributed by atoms with Gasteiger partial charge in [0.25, 0.3) is 0 Å². The Morgan fingerprint density at radius 3 is 1.80 bits per heavy atom. The summed E-state index contributed by atoms with van der Waals surface area (Å²) in [6.45, 7) is 2.30. The van der Waals surface area contributed by atoms with Gasteiger partial charge in [-0.1, -0.05) is 73.7 Å². The Labute approximate surface area is 255 Å². The van der Waals surface area contributed by atoms with Crippen molar-refractivity contribution in [3.05, 3.63) is 125 Å². The van der Waals surface area contributed by atoms with E-state index in [9.17, 15) is 19.2 Å². The van der Waals surface area contributed by atoms with Crippen LogP contribution in [0, 0.1) is 17.8 Å². The van der Waals surface area contributed by atoms with Crippen LogP contribution in [0.2, 0.25) is 0 Å². The van der Waals surface area contributed by atoms with Gasteiger partial charge in [-0.2, -0.15) is 0 Å². The van der Waals surface area contributed by atoms with Gasteiger partial charge in [0.15, 0.2) is 0 Å². The highest BCUT2D eigenvalue weighted by molar-refractivity contribution is 6.23. The van der Waals surface area contributed by atoms with E-state index in [2.05, 4.69) is 24.3 Å². The molecule has 7 nitrogen and oxygen atoms in total. The van der Waals surface area contributed by atoms with Crippen LogP contribution in [-0.4, -0.2) is 30.2 Å². The van der Waals surface area contributed by atoms with Crippen molar-refractivity contribution in [2.45, 2.75) is 31.6 Å². The SMILES string of the molecule is CCc1ccccc1N1C[C@H](C(=O)Oc2ccc(N3C(=O)[C@@H]4C5c6ccccc6C(c6ccccc65)[C@@H]4C3=O)cc2)CC1=O. The first-order valence-corrected chi connectivity index (χ1v) is 15.2. The van der Waals surface area contributed by atoms with Crippen LogP contribution >= 0.6 is 0 Å². The third kappa shape index (κ3) is 3.81. The van der Waals surface area contributed by atoms with Crippen molar-refractivity contribution in [3.63, 3.8) is 0 Å². The number of ether oxygens (including phenoxy) is 1. The second kappa shape index (κ2) is 10.0. The monoisotopic (exact) mass is 582 g/mol. The summed E-state index contributed by atoms with van der Waals surface area (Å²) in [5, 5.41) is 0. The van der Waals surface area contributed by atoms with Gasteiger partial charge in [-0.3, -0.25) is 19.2 Å². The molecule has 0 radical (unpaired) electrons. The summed E-state index contributed by atoms with van der Waals surface area (Å²) < 4.78 is 5.68. The number of imide groups is 1. The van der Waals surface area contributed by atoms with Crippen LogP contribution in [0.15, 0.2) is 97.1 Å². The number of rotatable bonds is 5. The highest BCUT2D eigenvalue weighted by atomic mass is 16.5. The number of hydrogen-bond acceptors (Lipinski definition) is 5. The van der Waals surface area contributed by atoms with E-state index in [4.69, 9.17) is 4.74 Å². The fourth-order valence-corrected chi connectivity index (χ4v) is 7.97. The van der Waals surface area contributed by atoms with Crippen LogP contribution in [-0.2, 0) is 25.6 Å². The zero-order chi connectivity index (χ0) is 30.1. The lowest BCUT2D eigenvalue weighted by atomic mass is 9.55. The van der Waals surface area contributed by atoms with Crippen molar-refractivity contribution in [3.8, 4) is 5.75 Å². The standard InChI is InChI=1S/C37H30N2O5/c1-2-21-9-3-8-14-29(21)38-20-22(19-30(38)40)37(43)44-24-17-15-23(16-18-24)39-35(41)33-31-25-10-4-5-11-26(25)32(34(33)36(39)42)28-13-7-6-12-27(28)31/h3-18,22,31-34H,2,19-20H2,1H3/t22-,31?,32?,33-,34+/m1/s1. The molecule has 3 aliphatic carbocycles. The van der Waals surface area contributed by atoms with E-state index in [0.29, 0.717) is 11.4 Å². The van der Waals surface area contributed by atoms with E-state index < -0.39 is 23.7 Å². The van der Waals surface area contributed by atoms with E-state index in [1.165, 1.54) is 4.90 Å². The van der Waals surface area contributed by atoms with Crippen molar-refractivity contribution in [2.75, 3.05) is 16.3 Å². The Hall–Kier alpha value is -5.04. The number of amides is 3. The van der Waals surface area contributed by atoms with Gasteiger partial charge in [0.1, 0.15) is 5.75 Å². The average molecular weight is 583 g/mol. The maximum atomic E-state index is 14.0. The van der Waals surface area contributed by atoms with Crippen LogP contribution in [0.5, 0.6) is 5.75 Å². The number of aryl methyl sites for hydroxylation is 1. The van der Waals surface area contributed by atoms with Crippen LogP contribution < -0.4 is 14.5 Å². The fourth-order valence-electron chi connectivity index (χ4n) is 7.97. The van der Waals surface area contributed by atoms with E-state index in [-0.39, 0.29) is 42.5 Å². The van der Waals surface area contributed by atoms with E-state index >= 15 is 0 Å². The molecular formula is C37H30N2O5. The van der Waals surface area contributed by atoms with Crippen molar-refractivity contribution in [2.24, 2.45) is 17.8 Å². The van der Waals surface area contributed by atoms with Crippen LogP contribution in [0.25, 0.3) is 0 Å². The average Bonchev–Trinajstić information content (AvgIpc) is 3.58. The van der Waals surface area contributed by atoms with Crippen molar-refractivity contribution < 1.29 is 23.9 Å². The van der Waals surface area contributed by atoms with Crippen molar-refractivity contribution in [1.82, 2.24) is 0 Å². The smallest absolute Gasteiger partial charge is 0.316 e. The molecule has 4 aromatic rings. The number of esters is 1. The minimum Gasteiger partial charge on any atom is -0.426 e. The maximum absolute atomic E-state index is 14.0. The Kier molecular flexibility index (Phi) is 6.05. The molecule has 0 saturated carbocycles. The quantitative estimate of drug-likeness (QED) is 0.174. The van der Waals surface area contributed by atoms with Crippen LogP contribution in [0.1, 0.15) is 53.0 Å². The summed E-state index contributed by atoms with van der Waals surface area (Å²) in [5.74, 6) is -2.52. The summed E-state index contributed by atoms with van der Waals surface area (Å²) in [4.78, 5) is 56.9. The lowest BCUT2D eigenvalue weighted by Crippen LogP contribution is -2.41. The van der Waals surface area contributed by atoms with Gasteiger partial charge in [-0.05, 0) is 64.6 Å². The van der Waals surface area contributed by atoms with Crippen LogP contribution in [0.4, 0.5) is 11.4 Å². The molecule has 4 aromatic carbocycles. The van der Waals surface area contributed by atoms with Crippen molar-refractivity contribution >= 4 is 35.1 Å². The number of benzene rings is 4. The zero-order valence-electron chi connectivity index (χ0n) is 24.2. The Morgan fingerprint density at radius 2 is 1.25 bits per heavy atom. The maximum Gasteiger partial charge on any atom is 0.316 e. The molecule has 0 N–H and O–H groups in total. The summed E-state index contributed by atoms with van der Waals surface area (Å²) in [6, 6.07) is 30.6. The van der Waals surface area contributed by atoms with Gasteiger partial charge in [0, 0.05) is 30.5 Å². The van der Waals surface area contributed by atoms with E-state index in [0.717, 1.165) is 39.9 Å². The normalized spacial score (nSPS) is 24.8. The molecule has 3 atom stereocenters. The lowest BCUT2D eigenvalue weighted by molar-refractivity contribution is -0.139. The van der Waals surface area contributed by atoms with Gasteiger partial charge in [-0.25, -0.2) is 4.90 Å². The molecule has 218 valence electrons. The molecule has 5 aliphatic rings. The number of hydrogen-bond donors (Lipinski definition) is 0. The zero-order valence-corrected chi connectivity index (χ0v) is 24.2. The number of para-hydroxylation sites is 1. The third-order valence-electron chi connectivity index (χ3n) is 9.88. The molecule has 9 rings (SSSR count). The first-order valence-electron chi connectivity index (χ1n) is 15.2. The highest BCUT2D eigenvalue weighted by Gasteiger charge is 2.61. The molecule has 3 amide bonds. The molecule has 2 bridgehead atoms.